The van der Waals surface area contributed by atoms with E-state index in [0.717, 1.165) is 5.56 Å². The molecule has 6 heteroatoms. The van der Waals surface area contributed by atoms with Crippen LogP contribution in [-0.2, 0) is 11.4 Å². The Bertz CT molecular complexity index is 692. The molecule has 1 heterocycles. The zero-order chi connectivity index (χ0) is 16.2. The molecule has 0 aromatic heterocycles. The van der Waals surface area contributed by atoms with Crippen LogP contribution in [0.2, 0.25) is 0 Å². The molecule has 1 fully saturated rings. The Morgan fingerprint density at radius 3 is 2.65 bits per heavy atom. The number of ether oxygens (including phenoxy) is 1. The molecule has 120 valence electrons. The van der Waals surface area contributed by atoms with E-state index in [4.69, 9.17) is 9.84 Å². The predicted octanol–water partition coefficient (Wildman–Crippen LogP) is 3.19. The van der Waals surface area contributed by atoms with E-state index >= 15 is 0 Å². The normalized spacial score (nSPS) is 20.4. The number of hydrogen-bond acceptors (Lipinski definition) is 4. The van der Waals surface area contributed by atoms with E-state index in [1.807, 2.05) is 24.3 Å². The molecule has 0 aliphatic carbocycles. The van der Waals surface area contributed by atoms with Gasteiger partial charge in [0.1, 0.15) is 24.2 Å². The van der Waals surface area contributed by atoms with Crippen LogP contribution in [0.1, 0.15) is 16.5 Å². The highest BCUT2D eigenvalue weighted by Crippen LogP contribution is 2.33. The number of hydrogen-bond donors (Lipinski definition) is 2. The first-order valence-corrected chi connectivity index (χ1v) is 8.25. The summed E-state index contributed by atoms with van der Waals surface area (Å²) in [6.45, 7) is 0.170. The fourth-order valence-corrected chi connectivity index (χ4v) is 3.56. The third kappa shape index (κ3) is 3.83. The summed E-state index contributed by atoms with van der Waals surface area (Å²) >= 11 is 1.57. The van der Waals surface area contributed by atoms with Crippen LogP contribution in [0.25, 0.3) is 0 Å². The highest BCUT2D eigenvalue weighted by Gasteiger charge is 2.30. The van der Waals surface area contributed by atoms with Gasteiger partial charge in [-0.05, 0) is 23.8 Å². The van der Waals surface area contributed by atoms with Crippen molar-refractivity contribution in [1.82, 2.24) is 5.32 Å². The number of benzene rings is 2. The Balaban J connectivity index is 1.59. The second-order valence-corrected chi connectivity index (χ2v) is 6.36. The smallest absolute Gasteiger partial charge is 0.321 e. The molecular weight excluding hydrogens is 317 g/mol. The maximum Gasteiger partial charge on any atom is 0.321 e. The van der Waals surface area contributed by atoms with Gasteiger partial charge in [-0.25, -0.2) is 4.39 Å². The quantitative estimate of drug-likeness (QED) is 0.880. The Labute approximate surface area is 137 Å². The monoisotopic (exact) mass is 333 g/mol. The van der Waals surface area contributed by atoms with Gasteiger partial charge in [0, 0.05) is 11.3 Å². The van der Waals surface area contributed by atoms with Crippen molar-refractivity contribution < 1.29 is 19.0 Å². The van der Waals surface area contributed by atoms with Crippen molar-refractivity contribution in [3.8, 4) is 5.75 Å². The SMILES string of the molecule is O=C(O)C1CSC(c2ccc(OCc3ccccc3F)cc2)N1. The summed E-state index contributed by atoms with van der Waals surface area (Å²) in [4.78, 5) is 11.0. The van der Waals surface area contributed by atoms with Crippen LogP contribution in [0, 0.1) is 5.82 Å². The number of carboxylic acid groups (broad SMARTS) is 1. The first kappa shape index (κ1) is 15.8. The minimum absolute atomic E-state index is 0.0308. The van der Waals surface area contributed by atoms with Gasteiger partial charge >= 0.3 is 5.97 Å². The van der Waals surface area contributed by atoms with Crippen molar-refractivity contribution in [2.45, 2.75) is 18.0 Å². The van der Waals surface area contributed by atoms with E-state index in [0.29, 0.717) is 17.1 Å². The molecule has 0 radical (unpaired) electrons. The number of carboxylic acids is 1. The van der Waals surface area contributed by atoms with Gasteiger partial charge in [0.05, 0.1) is 5.37 Å². The van der Waals surface area contributed by atoms with Gasteiger partial charge in [-0.3, -0.25) is 10.1 Å². The summed E-state index contributed by atoms with van der Waals surface area (Å²) in [5.41, 5.74) is 1.51. The van der Waals surface area contributed by atoms with Crippen LogP contribution in [0.3, 0.4) is 0 Å². The summed E-state index contributed by atoms with van der Waals surface area (Å²) in [5.74, 6) is 0.0842. The molecule has 2 N–H and O–H groups in total. The molecular formula is C17H16FNO3S. The molecule has 4 nitrogen and oxygen atoms in total. The molecule has 2 unspecified atom stereocenters. The lowest BCUT2D eigenvalue weighted by molar-refractivity contribution is -0.138. The third-order valence-electron chi connectivity index (χ3n) is 3.62. The van der Waals surface area contributed by atoms with Gasteiger partial charge in [0.2, 0.25) is 0 Å². The van der Waals surface area contributed by atoms with Gasteiger partial charge < -0.3 is 9.84 Å². The number of halogens is 1. The maximum absolute atomic E-state index is 13.5. The van der Waals surface area contributed by atoms with Crippen LogP contribution in [0.4, 0.5) is 4.39 Å². The Morgan fingerprint density at radius 2 is 2.00 bits per heavy atom. The van der Waals surface area contributed by atoms with Crippen molar-refractivity contribution in [3.63, 3.8) is 0 Å². The fraction of sp³-hybridized carbons (Fsp3) is 0.235. The highest BCUT2D eigenvalue weighted by atomic mass is 32.2. The average molecular weight is 333 g/mol. The first-order chi connectivity index (χ1) is 11.1. The van der Waals surface area contributed by atoms with Crippen LogP contribution >= 0.6 is 11.8 Å². The van der Waals surface area contributed by atoms with E-state index in [1.54, 1.807) is 30.0 Å². The van der Waals surface area contributed by atoms with Gasteiger partial charge in [-0.15, -0.1) is 11.8 Å². The van der Waals surface area contributed by atoms with Crippen molar-refractivity contribution >= 4 is 17.7 Å². The van der Waals surface area contributed by atoms with Crippen LogP contribution < -0.4 is 10.1 Å². The molecule has 2 aromatic rings. The average Bonchev–Trinajstić information content (AvgIpc) is 3.05. The van der Waals surface area contributed by atoms with E-state index in [2.05, 4.69) is 5.32 Å². The summed E-state index contributed by atoms with van der Waals surface area (Å²) in [6.07, 6.45) is 0. The minimum atomic E-state index is -0.829. The third-order valence-corrected chi connectivity index (χ3v) is 4.88. The molecule has 0 bridgehead atoms. The molecule has 0 saturated carbocycles. The molecule has 1 aliphatic rings. The van der Waals surface area contributed by atoms with Gasteiger partial charge in [-0.2, -0.15) is 0 Å². The number of aliphatic carboxylic acids is 1. The van der Waals surface area contributed by atoms with Gasteiger partial charge in [0.15, 0.2) is 0 Å². The van der Waals surface area contributed by atoms with Crippen molar-refractivity contribution in [1.29, 1.82) is 0 Å². The standard InChI is InChI=1S/C17H16FNO3S/c18-14-4-2-1-3-12(14)9-22-13-7-5-11(6-8-13)16-19-15(10-23-16)17(20)21/h1-8,15-16,19H,9-10H2,(H,20,21). The molecule has 2 aromatic carbocycles. The molecule has 0 spiro atoms. The maximum atomic E-state index is 13.5. The molecule has 2 atom stereocenters. The molecule has 0 amide bonds. The van der Waals surface area contributed by atoms with Crippen LogP contribution in [0.15, 0.2) is 48.5 Å². The molecule has 1 saturated heterocycles. The predicted molar refractivity (Wildman–Crippen MR) is 86.9 cm³/mol. The largest absolute Gasteiger partial charge is 0.489 e. The number of rotatable bonds is 5. The minimum Gasteiger partial charge on any atom is -0.489 e. The molecule has 3 rings (SSSR count). The highest BCUT2D eigenvalue weighted by molar-refractivity contribution is 7.99. The summed E-state index contributed by atoms with van der Waals surface area (Å²) in [6, 6.07) is 13.4. The number of thioether (sulfide) groups is 1. The van der Waals surface area contributed by atoms with E-state index in [-0.39, 0.29) is 17.8 Å². The van der Waals surface area contributed by atoms with E-state index in [9.17, 15) is 9.18 Å². The van der Waals surface area contributed by atoms with Crippen molar-refractivity contribution in [3.05, 3.63) is 65.5 Å². The number of nitrogens with one attached hydrogen (secondary N) is 1. The fourth-order valence-electron chi connectivity index (χ4n) is 2.32. The Hall–Kier alpha value is -2.05. The molecule has 1 aliphatic heterocycles. The van der Waals surface area contributed by atoms with Crippen LogP contribution in [-0.4, -0.2) is 22.9 Å². The lowest BCUT2D eigenvalue weighted by atomic mass is 10.2. The van der Waals surface area contributed by atoms with E-state index in [1.165, 1.54) is 6.07 Å². The van der Waals surface area contributed by atoms with Crippen LogP contribution in [0.5, 0.6) is 5.75 Å². The summed E-state index contributed by atoms with van der Waals surface area (Å²) in [5, 5.41) is 12.0. The van der Waals surface area contributed by atoms with E-state index < -0.39 is 12.0 Å². The lowest BCUT2D eigenvalue weighted by Crippen LogP contribution is -2.33. The second kappa shape index (κ2) is 7.02. The Morgan fingerprint density at radius 1 is 1.26 bits per heavy atom. The first-order valence-electron chi connectivity index (χ1n) is 7.20. The summed E-state index contributed by atoms with van der Waals surface area (Å²) < 4.78 is 19.1. The topological polar surface area (TPSA) is 58.6 Å². The second-order valence-electron chi connectivity index (χ2n) is 5.22. The lowest BCUT2D eigenvalue weighted by Gasteiger charge is -2.12. The van der Waals surface area contributed by atoms with Crippen molar-refractivity contribution in [2.24, 2.45) is 0 Å². The van der Waals surface area contributed by atoms with Gasteiger partial charge in [-0.1, -0.05) is 30.3 Å². The summed E-state index contributed by atoms with van der Waals surface area (Å²) in [7, 11) is 0. The van der Waals surface area contributed by atoms with Crippen molar-refractivity contribution in [2.75, 3.05) is 5.75 Å². The zero-order valence-corrected chi connectivity index (χ0v) is 13.1. The molecule has 23 heavy (non-hydrogen) atoms. The zero-order valence-electron chi connectivity index (χ0n) is 12.2. The Kier molecular flexibility index (Phi) is 4.83. The number of carbonyl (C=O) groups is 1. The van der Waals surface area contributed by atoms with Gasteiger partial charge in [0.25, 0.3) is 0 Å².